The number of ketones is 1. The van der Waals surface area contributed by atoms with Gasteiger partial charge in [0, 0.05) is 11.8 Å². The van der Waals surface area contributed by atoms with Gasteiger partial charge in [-0.05, 0) is 38.5 Å². The van der Waals surface area contributed by atoms with Crippen molar-refractivity contribution in [3.05, 3.63) is 11.6 Å². The quantitative estimate of drug-likeness (QED) is 0.593. The standard InChI is InChI=1S/C12H18O/c1-2-12(9-5-8-11(12)13)10-6-3-4-7-10/h6H,2-5,7-9H2,1H3. The highest BCUT2D eigenvalue weighted by molar-refractivity contribution is 5.89. The van der Waals surface area contributed by atoms with Gasteiger partial charge in [-0.3, -0.25) is 4.79 Å². The van der Waals surface area contributed by atoms with E-state index in [0.717, 1.165) is 25.7 Å². The molecule has 0 spiro atoms. The van der Waals surface area contributed by atoms with Crippen LogP contribution in [0.15, 0.2) is 11.6 Å². The highest BCUT2D eigenvalue weighted by atomic mass is 16.1. The highest BCUT2D eigenvalue weighted by Crippen LogP contribution is 2.47. The fourth-order valence-corrected chi connectivity index (χ4v) is 2.98. The van der Waals surface area contributed by atoms with Gasteiger partial charge in [-0.15, -0.1) is 0 Å². The molecule has 2 rings (SSSR count). The minimum Gasteiger partial charge on any atom is -0.299 e. The maximum Gasteiger partial charge on any atom is 0.143 e. The average Bonchev–Trinajstić information content (AvgIpc) is 2.73. The number of carbonyl (C=O) groups is 1. The van der Waals surface area contributed by atoms with Gasteiger partial charge in [0.2, 0.25) is 0 Å². The van der Waals surface area contributed by atoms with Crippen LogP contribution in [0.3, 0.4) is 0 Å². The van der Waals surface area contributed by atoms with Crippen molar-refractivity contribution in [2.24, 2.45) is 5.41 Å². The molecule has 1 atom stereocenters. The molecule has 0 aromatic heterocycles. The Morgan fingerprint density at radius 2 is 2.23 bits per heavy atom. The van der Waals surface area contributed by atoms with E-state index in [1.54, 1.807) is 0 Å². The number of hydrogen-bond acceptors (Lipinski definition) is 1. The van der Waals surface area contributed by atoms with Crippen molar-refractivity contribution in [1.29, 1.82) is 0 Å². The second kappa shape index (κ2) is 3.28. The molecule has 1 unspecified atom stereocenters. The predicted octanol–water partition coefficient (Wildman–Crippen LogP) is 3.25. The molecule has 1 heteroatoms. The Morgan fingerprint density at radius 1 is 1.38 bits per heavy atom. The predicted molar refractivity (Wildman–Crippen MR) is 53.5 cm³/mol. The molecular formula is C12H18O. The third kappa shape index (κ3) is 1.25. The van der Waals surface area contributed by atoms with E-state index in [9.17, 15) is 4.79 Å². The lowest BCUT2D eigenvalue weighted by atomic mass is 9.75. The van der Waals surface area contributed by atoms with E-state index in [0.29, 0.717) is 5.78 Å². The van der Waals surface area contributed by atoms with Gasteiger partial charge in [-0.1, -0.05) is 18.6 Å². The third-order valence-corrected chi connectivity index (χ3v) is 3.80. The summed E-state index contributed by atoms with van der Waals surface area (Å²) in [4.78, 5) is 11.9. The lowest BCUT2D eigenvalue weighted by molar-refractivity contribution is -0.124. The first-order valence-corrected chi connectivity index (χ1v) is 5.52. The van der Waals surface area contributed by atoms with E-state index in [1.165, 1.54) is 24.8 Å². The van der Waals surface area contributed by atoms with Crippen LogP contribution < -0.4 is 0 Å². The molecule has 0 aromatic rings. The number of rotatable bonds is 2. The second-order valence-corrected chi connectivity index (χ2v) is 4.33. The molecule has 0 aromatic carbocycles. The zero-order valence-corrected chi connectivity index (χ0v) is 8.44. The molecule has 2 aliphatic rings. The molecule has 0 radical (unpaired) electrons. The van der Waals surface area contributed by atoms with Crippen molar-refractivity contribution in [3.8, 4) is 0 Å². The maximum absolute atomic E-state index is 11.9. The molecule has 0 bridgehead atoms. The largest absolute Gasteiger partial charge is 0.299 e. The smallest absolute Gasteiger partial charge is 0.143 e. The van der Waals surface area contributed by atoms with Gasteiger partial charge in [-0.2, -0.15) is 0 Å². The van der Waals surface area contributed by atoms with Crippen LogP contribution in [0.25, 0.3) is 0 Å². The summed E-state index contributed by atoms with van der Waals surface area (Å²) in [5, 5.41) is 0. The van der Waals surface area contributed by atoms with Crippen LogP contribution in [-0.2, 0) is 4.79 Å². The Balaban J connectivity index is 2.28. The Morgan fingerprint density at radius 3 is 2.69 bits per heavy atom. The van der Waals surface area contributed by atoms with Gasteiger partial charge in [0.05, 0.1) is 0 Å². The fourth-order valence-electron chi connectivity index (χ4n) is 2.98. The molecule has 72 valence electrons. The third-order valence-electron chi connectivity index (χ3n) is 3.80. The minimum absolute atomic E-state index is 0.00347. The first kappa shape index (κ1) is 8.98. The van der Waals surface area contributed by atoms with Gasteiger partial charge < -0.3 is 0 Å². The van der Waals surface area contributed by atoms with Crippen LogP contribution in [-0.4, -0.2) is 5.78 Å². The molecule has 0 aliphatic heterocycles. The minimum atomic E-state index is -0.00347. The lowest BCUT2D eigenvalue weighted by Crippen LogP contribution is -2.26. The number of carbonyl (C=O) groups excluding carboxylic acids is 1. The summed E-state index contributed by atoms with van der Waals surface area (Å²) < 4.78 is 0. The molecule has 1 saturated carbocycles. The van der Waals surface area contributed by atoms with Gasteiger partial charge in [-0.25, -0.2) is 0 Å². The van der Waals surface area contributed by atoms with E-state index in [-0.39, 0.29) is 5.41 Å². The van der Waals surface area contributed by atoms with E-state index in [1.807, 2.05) is 0 Å². The van der Waals surface area contributed by atoms with E-state index in [4.69, 9.17) is 0 Å². The van der Waals surface area contributed by atoms with Crippen molar-refractivity contribution in [2.75, 3.05) is 0 Å². The van der Waals surface area contributed by atoms with E-state index < -0.39 is 0 Å². The summed E-state index contributed by atoms with van der Waals surface area (Å²) in [6.45, 7) is 2.17. The summed E-state index contributed by atoms with van der Waals surface area (Å²) in [6, 6.07) is 0. The summed E-state index contributed by atoms with van der Waals surface area (Å²) in [6.07, 6.45) is 10.1. The SMILES string of the molecule is CCC1(C2=CCCC2)CCCC1=O. The van der Waals surface area contributed by atoms with Gasteiger partial charge in [0.1, 0.15) is 5.78 Å². The van der Waals surface area contributed by atoms with Crippen LogP contribution in [0.5, 0.6) is 0 Å². The Bertz CT molecular complexity index is 252. The molecule has 0 amide bonds. The number of hydrogen-bond donors (Lipinski definition) is 0. The molecule has 13 heavy (non-hydrogen) atoms. The van der Waals surface area contributed by atoms with Crippen LogP contribution in [0.1, 0.15) is 51.9 Å². The van der Waals surface area contributed by atoms with Crippen molar-refractivity contribution < 1.29 is 4.79 Å². The number of Topliss-reactive ketones (excluding diaryl/α,β-unsaturated/α-hetero) is 1. The monoisotopic (exact) mass is 178 g/mol. The van der Waals surface area contributed by atoms with Crippen molar-refractivity contribution in [1.82, 2.24) is 0 Å². The van der Waals surface area contributed by atoms with Gasteiger partial charge in [0.25, 0.3) is 0 Å². The maximum atomic E-state index is 11.9. The second-order valence-electron chi connectivity index (χ2n) is 4.33. The summed E-state index contributed by atoms with van der Waals surface area (Å²) in [5.41, 5.74) is 1.47. The molecule has 0 N–H and O–H groups in total. The summed E-state index contributed by atoms with van der Waals surface area (Å²) >= 11 is 0. The first-order chi connectivity index (χ1) is 6.29. The van der Waals surface area contributed by atoms with Crippen molar-refractivity contribution in [2.45, 2.75) is 51.9 Å². The zero-order valence-electron chi connectivity index (χ0n) is 8.44. The van der Waals surface area contributed by atoms with Crippen LogP contribution in [0, 0.1) is 5.41 Å². The Labute approximate surface area is 80.2 Å². The topological polar surface area (TPSA) is 17.1 Å². The molecule has 1 fully saturated rings. The highest BCUT2D eigenvalue weighted by Gasteiger charge is 2.43. The molecular weight excluding hydrogens is 160 g/mol. The molecule has 0 saturated heterocycles. The van der Waals surface area contributed by atoms with Crippen LogP contribution in [0.4, 0.5) is 0 Å². The molecule has 0 heterocycles. The Hall–Kier alpha value is -0.590. The molecule has 2 aliphatic carbocycles. The van der Waals surface area contributed by atoms with E-state index in [2.05, 4.69) is 13.0 Å². The first-order valence-electron chi connectivity index (χ1n) is 5.52. The van der Waals surface area contributed by atoms with Crippen LogP contribution in [0.2, 0.25) is 0 Å². The summed E-state index contributed by atoms with van der Waals surface area (Å²) in [7, 11) is 0. The number of allylic oxidation sites excluding steroid dienone is 2. The van der Waals surface area contributed by atoms with Crippen molar-refractivity contribution in [3.63, 3.8) is 0 Å². The zero-order chi connectivity index (χ0) is 9.31. The van der Waals surface area contributed by atoms with E-state index >= 15 is 0 Å². The van der Waals surface area contributed by atoms with Crippen molar-refractivity contribution >= 4 is 5.78 Å². The van der Waals surface area contributed by atoms with Gasteiger partial charge in [0.15, 0.2) is 0 Å². The molecule has 1 nitrogen and oxygen atoms in total. The fraction of sp³-hybridized carbons (Fsp3) is 0.750. The van der Waals surface area contributed by atoms with Crippen LogP contribution >= 0.6 is 0 Å². The summed E-state index contributed by atoms with van der Waals surface area (Å²) in [5.74, 6) is 0.517. The lowest BCUT2D eigenvalue weighted by Gasteiger charge is -2.27. The Kier molecular flexibility index (Phi) is 2.27. The average molecular weight is 178 g/mol. The normalized spacial score (nSPS) is 33.9. The van der Waals surface area contributed by atoms with Gasteiger partial charge >= 0.3 is 0 Å².